The summed E-state index contributed by atoms with van der Waals surface area (Å²) in [7, 11) is 0. The summed E-state index contributed by atoms with van der Waals surface area (Å²) >= 11 is 1.57. The van der Waals surface area contributed by atoms with Crippen LogP contribution < -0.4 is 5.32 Å². The Morgan fingerprint density at radius 2 is 2.05 bits per heavy atom. The fourth-order valence-corrected chi connectivity index (χ4v) is 2.89. The number of amides is 1. The number of nitrogens with one attached hydrogen (secondary N) is 1. The molecule has 0 radical (unpaired) electrons. The average Bonchev–Trinajstić information content (AvgIpc) is 3.18. The second-order valence-electron chi connectivity index (χ2n) is 4.86. The molecule has 5 heteroatoms. The molecule has 0 spiro atoms. The second-order valence-corrected chi connectivity index (χ2v) is 5.85. The fraction of sp³-hybridized carbons (Fsp3) is 0.118. The van der Waals surface area contributed by atoms with Gasteiger partial charge in [0.1, 0.15) is 11.6 Å². The molecule has 0 aliphatic heterocycles. The van der Waals surface area contributed by atoms with Gasteiger partial charge in [-0.3, -0.25) is 4.79 Å². The molecule has 22 heavy (non-hydrogen) atoms. The number of carbonyl (C=O) groups excluding carboxylic acids is 1. The first-order chi connectivity index (χ1) is 10.7. The van der Waals surface area contributed by atoms with Gasteiger partial charge in [0.2, 0.25) is 5.91 Å². The summed E-state index contributed by atoms with van der Waals surface area (Å²) in [4.78, 5) is 12.9. The van der Waals surface area contributed by atoms with E-state index in [1.54, 1.807) is 29.7 Å². The highest BCUT2D eigenvalue weighted by Gasteiger charge is 2.07. The summed E-state index contributed by atoms with van der Waals surface area (Å²) < 4.78 is 18.1. The molecular formula is C17H14FNO2S. The Morgan fingerprint density at radius 3 is 2.77 bits per heavy atom. The van der Waals surface area contributed by atoms with Crippen LogP contribution in [-0.4, -0.2) is 5.91 Å². The van der Waals surface area contributed by atoms with Crippen molar-refractivity contribution in [2.45, 2.75) is 13.0 Å². The van der Waals surface area contributed by atoms with Crippen molar-refractivity contribution in [3.05, 3.63) is 70.4 Å². The van der Waals surface area contributed by atoms with E-state index >= 15 is 0 Å². The first kappa shape index (κ1) is 14.5. The predicted molar refractivity (Wildman–Crippen MR) is 84.0 cm³/mol. The molecule has 112 valence electrons. The number of benzene rings is 1. The van der Waals surface area contributed by atoms with Crippen LogP contribution in [0.4, 0.5) is 4.39 Å². The Hall–Kier alpha value is -2.40. The smallest absolute Gasteiger partial charge is 0.224 e. The SMILES string of the molecule is O=C(Cc1ccc(F)cc1)NCc1cc(-c2ccco2)cs1. The van der Waals surface area contributed by atoms with E-state index < -0.39 is 0 Å². The topological polar surface area (TPSA) is 42.2 Å². The molecule has 0 unspecified atom stereocenters. The van der Waals surface area contributed by atoms with Gasteiger partial charge in [-0.05, 0) is 35.9 Å². The average molecular weight is 315 g/mol. The highest BCUT2D eigenvalue weighted by Crippen LogP contribution is 2.25. The molecule has 1 N–H and O–H groups in total. The summed E-state index contributed by atoms with van der Waals surface area (Å²) in [6.07, 6.45) is 1.88. The number of hydrogen-bond acceptors (Lipinski definition) is 3. The molecule has 3 aromatic rings. The molecule has 2 heterocycles. The number of halogens is 1. The van der Waals surface area contributed by atoms with Crippen LogP contribution in [0.15, 0.2) is 58.5 Å². The zero-order valence-corrected chi connectivity index (χ0v) is 12.5. The third-order valence-corrected chi connectivity index (χ3v) is 4.13. The fourth-order valence-electron chi connectivity index (χ4n) is 2.08. The molecule has 0 aliphatic carbocycles. The lowest BCUT2D eigenvalue weighted by atomic mass is 10.1. The number of furan rings is 1. The maximum absolute atomic E-state index is 12.8. The van der Waals surface area contributed by atoms with Crippen LogP contribution in [0.25, 0.3) is 11.3 Å². The van der Waals surface area contributed by atoms with Crippen molar-refractivity contribution in [2.24, 2.45) is 0 Å². The molecule has 3 nitrogen and oxygen atoms in total. The minimum atomic E-state index is -0.298. The van der Waals surface area contributed by atoms with Gasteiger partial charge in [0.05, 0.1) is 19.2 Å². The Kier molecular flexibility index (Phi) is 4.34. The molecule has 2 aromatic heterocycles. The molecule has 1 amide bonds. The van der Waals surface area contributed by atoms with Gasteiger partial charge in [-0.15, -0.1) is 11.3 Å². The predicted octanol–water partition coefficient (Wildman–Crippen LogP) is 4.01. The van der Waals surface area contributed by atoms with Crippen LogP contribution in [0.2, 0.25) is 0 Å². The number of thiophene rings is 1. The normalized spacial score (nSPS) is 10.6. The van der Waals surface area contributed by atoms with E-state index in [1.165, 1.54) is 12.1 Å². The summed E-state index contributed by atoms with van der Waals surface area (Å²) in [5.74, 6) is 0.438. The van der Waals surface area contributed by atoms with E-state index in [4.69, 9.17) is 4.42 Å². The highest BCUT2D eigenvalue weighted by molar-refractivity contribution is 7.10. The first-order valence-electron chi connectivity index (χ1n) is 6.83. The lowest BCUT2D eigenvalue weighted by molar-refractivity contribution is -0.120. The molecule has 0 fully saturated rings. The van der Waals surface area contributed by atoms with Crippen molar-refractivity contribution in [3.8, 4) is 11.3 Å². The van der Waals surface area contributed by atoms with E-state index in [0.29, 0.717) is 6.54 Å². The standard InChI is InChI=1S/C17H14FNO2S/c18-14-5-3-12(4-6-14)8-17(20)19-10-15-9-13(11-22-15)16-2-1-7-21-16/h1-7,9,11H,8,10H2,(H,19,20). The van der Waals surface area contributed by atoms with Gasteiger partial charge in [-0.25, -0.2) is 4.39 Å². The molecule has 3 rings (SSSR count). The largest absolute Gasteiger partial charge is 0.464 e. The zero-order valence-electron chi connectivity index (χ0n) is 11.7. The van der Waals surface area contributed by atoms with Crippen LogP contribution in [0.5, 0.6) is 0 Å². The summed E-state index contributed by atoms with van der Waals surface area (Å²) in [6.45, 7) is 0.478. The van der Waals surface area contributed by atoms with E-state index in [-0.39, 0.29) is 18.1 Å². The minimum absolute atomic E-state index is 0.0837. The van der Waals surface area contributed by atoms with Crippen molar-refractivity contribution < 1.29 is 13.6 Å². The van der Waals surface area contributed by atoms with Crippen LogP contribution >= 0.6 is 11.3 Å². The summed E-state index contributed by atoms with van der Waals surface area (Å²) in [6, 6.07) is 11.7. The second kappa shape index (κ2) is 6.58. The van der Waals surface area contributed by atoms with Gasteiger partial charge in [-0.1, -0.05) is 12.1 Å². The van der Waals surface area contributed by atoms with E-state index in [9.17, 15) is 9.18 Å². The first-order valence-corrected chi connectivity index (χ1v) is 7.71. The minimum Gasteiger partial charge on any atom is -0.464 e. The van der Waals surface area contributed by atoms with E-state index in [1.807, 2.05) is 23.6 Å². The van der Waals surface area contributed by atoms with E-state index in [2.05, 4.69) is 5.32 Å². The lowest BCUT2D eigenvalue weighted by Crippen LogP contribution is -2.24. The Morgan fingerprint density at radius 1 is 1.23 bits per heavy atom. The van der Waals surface area contributed by atoms with Crippen LogP contribution in [0.3, 0.4) is 0 Å². The van der Waals surface area contributed by atoms with Crippen molar-refractivity contribution in [2.75, 3.05) is 0 Å². The molecule has 0 bridgehead atoms. The summed E-state index contributed by atoms with van der Waals surface area (Å²) in [5.41, 5.74) is 1.80. The number of hydrogen-bond donors (Lipinski definition) is 1. The molecule has 0 saturated carbocycles. The monoisotopic (exact) mass is 315 g/mol. The highest BCUT2D eigenvalue weighted by atomic mass is 32.1. The molecule has 1 aromatic carbocycles. The Labute approximate surface area is 131 Å². The van der Waals surface area contributed by atoms with Crippen molar-refractivity contribution in [1.29, 1.82) is 0 Å². The molecule has 0 saturated heterocycles. The number of carbonyl (C=O) groups is 1. The maximum Gasteiger partial charge on any atom is 0.224 e. The Balaban J connectivity index is 1.54. The van der Waals surface area contributed by atoms with Gasteiger partial charge in [0.15, 0.2) is 0 Å². The van der Waals surface area contributed by atoms with Gasteiger partial charge >= 0.3 is 0 Å². The van der Waals surface area contributed by atoms with Crippen LogP contribution in [0, 0.1) is 5.82 Å². The van der Waals surface area contributed by atoms with E-state index in [0.717, 1.165) is 21.8 Å². The quantitative estimate of drug-likeness (QED) is 0.773. The number of rotatable bonds is 5. The summed E-state index contributed by atoms with van der Waals surface area (Å²) in [5, 5.41) is 4.87. The van der Waals surface area contributed by atoms with Crippen LogP contribution in [-0.2, 0) is 17.8 Å². The lowest BCUT2D eigenvalue weighted by Gasteiger charge is -2.03. The van der Waals surface area contributed by atoms with Gasteiger partial charge in [0, 0.05) is 15.8 Å². The van der Waals surface area contributed by atoms with Gasteiger partial charge in [-0.2, -0.15) is 0 Å². The molecule has 0 atom stereocenters. The van der Waals surface area contributed by atoms with Crippen molar-refractivity contribution >= 4 is 17.2 Å². The third-order valence-electron chi connectivity index (χ3n) is 3.20. The van der Waals surface area contributed by atoms with Crippen LogP contribution in [0.1, 0.15) is 10.4 Å². The van der Waals surface area contributed by atoms with Crippen molar-refractivity contribution in [1.82, 2.24) is 5.32 Å². The van der Waals surface area contributed by atoms with Gasteiger partial charge in [0.25, 0.3) is 0 Å². The maximum atomic E-state index is 12.8. The molecular weight excluding hydrogens is 301 g/mol. The molecule has 0 aliphatic rings. The third kappa shape index (κ3) is 3.62. The Bertz CT molecular complexity index is 747. The van der Waals surface area contributed by atoms with Crippen molar-refractivity contribution in [3.63, 3.8) is 0 Å². The van der Waals surface area contributed by atoms with Gasteiger partial charge < -0.3 is 9.73 Å². The zero-order chi connectivity index (χ0) is 15.4.